The minimum atomic E-state index is -1.01. The zero-order chi connectivity index (χ0) is 19.8. The molecule has 1 fully saturated rings. The molecule has 1 aromatic rings. The summed E-state index contributed by atoms with van der Waals surface area (Å²) in [4.78, 5) is 36.6. The number of nitrogens with one attached hydrogen (secondary N) is 1. The van der Waals surface area contributed by atoms with Gasteiger partial charge >= 0.3 is 5.97 Å². The van der Waals surface area contributed by atoms with E-state index in [1.54, 1.807) is 10.8 Å². The van der Waals surface area contributed by atoms with Gasteiger partial charge in [-0.05, 0) is 12.0 Å². The Morgan fingerprint density at radius 1 is 1.33 bits per heavy atom. The van der Waals surface area contributed by atoms with Crippen molar-refractivity contribution in [3.05, 3.63) is 35.9 Å². The molecule has 0 bridgehead atoms. The number of benzene rings is 1. The second kappa shape index (κ2) is 11.0. The SMILES string of the molecule is CCCCSS[C@@H]1[C@H](NC(=O)Cc2ccccc2)C(=O)N1CC(Br)C(=O)O. The molecule has 148 valence electrons. The number of rotatable bonds is 11. The highest BCUT2D eigenvalue weighted by Gasteiger charge is 2.49. The van der Waals surface area contributed by atoms with Crippen molar-refractivity contribution in [1.29, 1.82) is 0 Å². The van der Waals surface area contributed by atoms with E-state index in [1.807, 2.05) is 30.3 Å². The molecule has 1 unspecified atom stereocenters. The molecule has 0 saturated carbocycles. The zero-order valence-corrected chi connectivity index (χ0v) is 18.2. The highest BCUT2D eigenvalue weighted by atomic mass is 79.9. The Balaban J connectivity index is 1.96. The topological polar surface area (TPSA) is 86.7 Å². The van der Waals surface area contributed by atoms with E-state index in [0.717, 1.165) is 24.2 Å². The largest absolute Gasteiger partial charge is 0.480 e. The van der Waals surface area contributed by atoms with Crippen molar-refractivity contribution in [3.63, 3.8) is 0 Å². The van der Waals surface area contributed by atoms with Gasteiger partial charge in [0.2, 0.25) is 11.8 Å². The molecule has 2 N–H and O–H groups in total. The maximum Gasteiger partial charge on any atom is 0.319 e. The Morgan fingerprint density at radius 2 is 2.04 bits per heavy atom. The van der Waals surface area contributed by atoms with Crippen molar-refractivity contribution in [2.75, 3.05) is 12.3 Å². The third-order valence-electron chi connectivity index (χ3n) is 4.04. The fourth-order valence-electron chi connectivity index (χ4n) is 2.54. The molecule has 6 nitrogen and oxygen atoms in total. The first-order chi connectivity index (χ1) is 12.9. The van der Waals surface area contributed by atoms with Crippen molar-refractivity contribution >= 4 is 55.3 Å². The fraction of sp³-hybridized carbons (Fsp3) is 0.500. The third-order valence-corrected chi connectivity index (χ3v) is 7.53. The fourth-order valence-corrected chi connectivity index (χ4v) is 5.78. The van der Waals surface area contributed by atoms with Gasteiger partial charge in [0.15, 0.2) is 0 Å². The molecule has 0 spiro atoms. The summed E-state index contributed by atoms with van der Waals surface area (Å²) >= 11 is 3.08. The number of carbonyl (C=O) groups is 3. The van der Waals surface area contributed by atoms with Crippen LogP contribution in [0.1, 0.15) is 25.3 Å². The van der Waals surface area contributed by atoms with Crippen LogP contribution in [-0.2, 0) is 20.8 Å². The highest BCUT2D eigenvalue weighted by molar-refractivity contribution is 9.10. The number of hydrogen-bond acceptors (Lipinski definition) is 5. The lowest BCUT2D eigenvalue weighted by Gasteiger charge is -2.46. The van der Waals surface area contributed by atoms with E-state index >= 15 is 0 Å². The predicted molar refractivity (Wildman–Crippen MR) is 113 cm³/mol. The summed E-state index contributed by atoms with van der Waals surface area (Å²) in [7, 11) is 3.16. The van der Waals surface area contributed by atoms with Gasteiger partial charge in [0.1, 0.15) is 16.2 Å². The second-order valence-electron chi connectivity index (χ2n) is 6.17. The normalized spacial score (nSPS) is 20.1. The molecule has 1 aromatic carbocycles. The molecule has 0 aromatic heterocycles. The summed E-state index contributed by atoms with van der Waals surface area (Å²) in [5, 5.41) is 11.6. The van der Waals surface area contributed by atoms with E-state index in [1.165, 1.54) is 15.7 Å². The first kappa shape index (κ1) is 22.1. The number of nitrogens with zero attached hydrogens (tertiary/aromatic N) is 1. The Bertz CT molecular complexity index is 662. The van der Waals surface area contributed by atoms with Crippen molar-refractivity contribution in [2.24, 2.45) is 0 Å². The minimum absolute atomic E-state index is 0.0746. The number of amides is 2. The molecule has 1 heterocycles. The van der Waals surface area contributed by atoms with Crippen LogP contribution < -0.4 is 5.32 Å². The van der Waals surface area contributed by atoms with Gasteiger partial charge in [0.25, 0.3) is 0 Å². The van der Waals surface area contributed by atoms with Crippen LogP contribution in [-0.4, -0.2) is 56.3 Å². The van der Waals surface area contributed by atoms with Crippen LogP contribution in [0.4, 0.5) is 0 Å². The molecular weight excluding hydrogens is 452 g/mol. The van der Waals surface area contributed by atoms with E-state index in [0.29, 0.717) is 0 Å². The van der Waals surface area contributed by atoms with Crippen LogP contribution in [0.3, 0.4) is 0 Å². The predicted octanol–water partition coefficient (Wildman–Crippen LogP) is 2.91. The number of likely N-dealkylation sites (tertiary alicyclic amines) is 1. The van der Waals surface area contributed by atoms with E-state index in [9.17, 15) is 14.4 Å². The number of β-lactam (4-membered cyclic amide) rings is 1. The summed E-state index contributed by atoms with van der Waals surface area (Å²) in [6, 6.07) is 8.73. The van der Waals surface area contributed by atoms with Gasteiger partial charge < -0.3 is 15.3 Å². The lowest BCUT2D eigenvalue weighted by Crippen LogP contribution is -2.70. The van der Waals surface area contributed by atoms with E-state index in [-0.39, 0.29) is 30.2 Å². The summed E-state index contributed by atoms with van der Waals surface area (Å²) < 4.78 is 0. The number of alkyl halides is 1. The molecule has 0 aliphatic carbocycles. The number of halogens is 1. The maximum atomic E-state index is 12.5. The van der Waals surface area contributed by atoms with E-state index in [2.05, 4.69) is 28.2 Å². The Hall–Kier alpha value is -1.19. The lowest BCUT2D eigenvalue weighted by molar-refractivity contribution is -0.149. The molecule has 1 aliphatic rings. The maximum absolute atomic E-state index is 12.5. The smallest absolute Gasteiger partial charge is 0.319 e. The second-order valence-corrected chi connectivity index (χ2v) is 9.88. The van der Waals surface area contributed by atoms with Gasteiger partial charge in [-0.15, -0.1) is 0 Å². The number of hydrogen-bond donors (Lipinski definition) is 2. The summed E-state index contributed by atoms with van der Waals surface area (Å²) in [5.41, 5.74) is 0.881. The molecular formula is C18H23BrN2O4S2. The Kier molecular flexibility index (Phi) is 8.98. The minimum Gasteiger partial charge on any atom is -0.480 e. The standard InChI is InChI=1S/C18H23BrN2O4S2/c1-2-3-9-26-27-17-15(16(23)21(17)11-13(19)18(24)25)20-14(22)10-12-7-5-4-6-8-12/h4-8,13,15,17H,2-3,9-11H2,1H3,(H,20,22)(H,24,25)/t13?,15-,17-/m1/s1. The van der Waals surface area contributed by atoms with Crippen LogP contribution in [0.25, 0.3) is 0 Å². The first-order valence-corrected chi connectivity index (χ1v) is 12.0. The number of carboxylic acid groups (broad SMARTS) is 1. The quantitative estimate of drug-likeness (QED) is 0.222. The van der Waals surface area contributed by atoms with Gasteiger partial charge in [0.05, 0.1) is 6.42 Å². The van der Waals surface area contributed by atoms with Crippen LogP contribution in [0.15, 0.2) is 30.3 Å². The lowest BCUT2D eigenvalue weighted by atomic mass is 10.1. The first-order valence-electron chi connectivity index (χ1n) is 8.73. The molecule has 3 atom stereocenters. The average Bonchev–Trinajstić information content (AvgIpc) is 2.65. The zero-order valence-electron chi connectivity index (χ0n) is 15.0. The van der Waals surface area contributed by atoms with Gasteiger partial charge in [-0.3, -0.25) is 14.4 Å². The number of carboxylic acids is 1. The monoisotopic (exact) mass is 474 g/mol. The van der Waals surface area contributed by atoms with Crippen LogP contribution in [0, 0.1) is 0 Å². The Labute approximate surface area is 175 Å². The molecule has 1 aliphatic heterocycles. The molecule has 1 saturated heterocycles. The van der Waals surface area contributed by atoms with Gasteiger partial charge in [-0.2, -0.15) is 0 Å². The highest BCUT2D eigenvalue weighted by Crippen LogP contribution is 2.38. The van der Waals surface area contributed by atoms with Crippen LogP contribution in [0.5, 0.6) is 0 Å². The molecule has 0 radical (unpaired) electrons. The third kappa shape index (κ3) is 6.43. The van der Waals surface area contributed by atoms with E-state index < -0.39 is 16.8 Å². The average molecular weight is 475 g/mol. The molecule has 2 rings (SSSR count). The van der Waals surface area contributed by atoms with Crippen molar-refractivity contribution in [2.45, 2.75) is 42.4 Å². The number of carbonyl (C=O) groups excluding carboxylic acids is 2. The molecule has 27 heavy (non-hydrogen) atoms. The van der Waals surface area contributed by atoms with Crippen LogP contribution in [0.2, 0.25) is 0 Å². The van der Waals surface area contributed by atoms with Gasteiger partial charge in [-0.25, -0.2) is 0 Å². The molecule has 2 amide bonds. The van der Waals surface area contributed by atoms with Crippen molar-refractivity contribution in [3.8, 4) is 0 Å². The van der Waals surface area contributed by atoms with Crippen LogP contribution >= 0.6 is 37.5 Å². The van der Waals surface area contributed by atoms with Crippen molar-refractivity contribution < 1.29 is 19.5 Å². The van der Waals surface area contributed by atoms with Crippen molar-refractivity contribution in [1.82, 2.24) is 10.2 Å². The summed E-state index contributed by atoms with van der Waals surface area (Å²) in [6.45, 7) is 2.19. The summed E-state index contributed by atoms with van der Waals surface area (Å²) in [5.74, 6) is -0.518. The molecule has 9 heteroatoms. The van der Waals surface area contributed by atoms with E-state index in [4.69, 9.17) is 5.11 Å². The summed E-state index contributed by atoms with van der Waals surface area (Å²) in [6.07, 6.45) is 2.36. The number of aliphatic carboxylic acids is 1. The van der Waals surface area contributed by atoms with Gasteiger partial charge in [-0.1, -0.05) is 81.2 Å². The Morgan fingerprint density at radius 3 is 2.67 bits per heavy atom. The number of unbranched alkanes of at least 4 members (excludes halogenated alkanes) is 1. The van der Waals surface area contributed by atoms with Gasteiger partial charge in [0, 0.05) is 12.3 Å².